The fourth-order valence-electron chi connectivity index (χ4n) is 1.56. The van der Waals surface area contributed by atoms with Gasteiger partial charge in [-0.25, -0.2) is 0 Å². The van der Waals surface area contributed by atoms with Gasteiger partial charge in [-0.3, -0.25) is 4.98 Å². The number of nitrogens with one attached hydrogen (secondary N) is 1. The number of carboxylic acid groups (broad SMARTS) is 1. The van der Waals surface area contributed by atoms with E-state index >= 15 is 0 Å². The lowest BCUT2D eigenvalue weighted by molar-refractivity contribution is -0.305. The molecule has 0 amide bonds. The number of carbonyl (C=O) groups is 1. The van der Waals surface area contributed by atoms with Crippen LogP contribution in [0.25, 0.3) is 10.9 Å². The highest BCUT2D eigenvalue weighted by Crippen LogP contribution is 2.20. The van der Waals surface area contributed by atoms with E-state index in [1.165, 1.54) is 0 Å². The zero-order chi connectivity index (χ0) is 11.4. The average molecular weight is 215 g/mol. The molecule has 1 N–H and O–H groups in total. The predicted octanol–water partition coefficient (Wildman–Crippen LogP) is 0.787. The summed E-state index contributed by atoms with van der Waals surface area (Å²) in [5, 5.41) is 14.3. The molecule has 0 saturated heterocycles. The molecule has 0 aliphatic rings. The largest absolute Gasteiger partial charge is 0.550 e. The molecule has 2 aromatic rings. The highest BCUT2D eigenvalue weighted by Gasteiger charge is 1.99. The number of carbonyl (C=O) groups excluding carboxylic acids is 1. The van der Waals surface area contributed by atoms with Gasteiger partial charge in [-0.05, 0) is 24.3 Å². The van der Waals surface area contributed by atoms with E-state index in [1.807, 2.05) is 30.3 Å². The van der Waals surface area contributed by atoms with Crippen LogP contribution in [0.2, 0.25) is 0 Å². The molecule has 2 rings (SSSR count). The number of carboxylic acids is 1. The Bertz CT molecular complexity index is 506. The minimum Gasteiger partial charge on any atom is -0.550 e. The molecule has 4 heteroatoms. The van der Waals surface area contributed by atoms with Gasteiger partial charge >= 0.3 is 0 Å². The fraction of sp³-hybridized carbons (Fsp3) is 0.167. The van der Waals surface area contributed by atoms with E-state index in [0.717, 1.165) is 16.6 Å². The first-order valence-electron chi connectivity index (χ1n) is 5.05. The minimum absolute atomic E-state index is 0.00332. The van der Waals surface area contributed by atoms with Crippen LogP contribution in [0.5, 0.6) is 0 Å². The second-order valence-corrected chi connectivity index (χ2v) is 3.42. The van der Waals surface area contributed by atoms with Crippen LogP contribution in [0.15, 0.2) is 36.5 Å². The molecule has 4 nitrogen and oxygen atoms in total. The summed E-state index contributed by atoms with van der Waals surface area (Å²) in [7, 11) is 0. The Morgan fingerprint density at radius 3 is 3.00 bits per heavy atom. The van der Waals surface area contributed by atoms with Crippen LogP contribution >= 0.6 is 0 Å². The third-order valence-electron chi connectivity index (χ3n) is 2.29. The van der Waals surface area contributed by atoms with Crippen molar-refractivity contribution in [2.75, 3.05) is 11.9 Å². The van der Waals surface area contributed by atoms with Crippen molar-refractivity contribution in [1.29, 1.82) is 0 Å². The van der Waals surface area contributed by atoms with Crippen LogP contribution in [0.3, 0.4) is 0 Å². The van der Waals surface area contributed by atoms with Crippen LogP contribution in [-0.4, -0.2) is 17.5 Å². The Morgan fingerprint density at radius 1 is 1.31 bits per heavy atom. The number of rotatable bonds is 4. The van der Waals surface area contributed by atoms with Gasteiger partial charge in [0.05, 0.1) is 5.52 Å². The van der Waals surface area contributed by atoms with E-state index in [2.05, 4.69) is 10.3 Å². The van der Waals surface area contributed by atoms with E-state index in [1.54, 1.807) is 6.20 Å². The first-order chi connectivity index (χ1) is 7.77. The van der Waals surface area contributed by atoms with Crippen molar-refractivity contribution in [1.82, 2.24) is 4.98 Å². The smallest absolute Gasteiger partial charge is 0.0722 e. The Morgan fingerprint density at radius 2 is 2.19 bits per heavy atom. The zero-order valence-electron chi connectivity index (χ0n) is 8.64. The number of aromatic nitrogens is 1. The normalized spacial score (nSPS) is 10.2. The van der Waals surface area contributed by atoms with E-state index in [4.69, 9.17) is 0 Å². The van der Waals surface area contributed by atoms with Crippen molar-refractivity contribution in [2.24, 2.45) is 0 Å². The van der Waals surface area contributed by atoms with Gasteiger partial charge in [0.1, 0.15) is 0 Å². The maximum atomic E-state index is 10.3. The van der Waals surface area contributed by atoms with E-state index in [0.29, 0.717) is 6.54 Å². The Kier molecular flexibility index (Phi) is 3.00. The SMILES string of the molecule is O=C([O-])CCNc1cccc2ncccc12. The number of benzene rings is 1. The molecule has 0 atom stereocenters. The van der Waals surface area contributed by atoms with Crippen LogP contribution in [-0.2, 0) is 4.79 Å². The predicted molar refractivity (Wildman–Crippen MR) is 59.9 cm³/mol. The van der Waals surface area contributed by atoms with Gasteiger partial charge in [0.2, 0.25) is 0 Å². The quantitative estimate of drug-likeness (QED) is 0.818. The van der Waals surface area contributed by atoms with Gasteiger partial charge in [0.25, 0.3) is 0 Å². The molecule has 1 aromatic carbocycles. The van der Waals surface area contributed by atoms with Crippen LogP contribution in [0.4, 0.5) is 5.69 Å². The maximum Gasteiger partial charge on any atom is 0.0722 e. The molecule has 1 heterocycles. The molecular weight excluding hydrogens is 204 g/mol. The lowest BCUT2D eigenvalue weighted by Gasteiger charge is -2.09. The van der Waals surface area contributed by atoms with Gasteiger partial charge in [-0.15, -0.1) is 0 Å². The van der Waals surface area contributed by atoms with E-state index in [9.17, 15) is 9.90 Å². The third kappa shape index (κ3) is 2.28. The summed E-state index contributed by atoms with van der Waals surface area (Å²) in [6.07, 6.45) is 1.73. The fourth-order valence-corrected chi connectivity index (χ4v) is 1.56. The minimum atomic E-state index is -1.05. The number of hydrogen-bond donors (Lipinski definition) is 1. The highest BCUT2D eigenvalue weighted by molar-refractivity contribution is 5.91. The standard InChI is InChI=1S/C12H12N2O2/c15-12(16)6-8-14-11-5-1-4-10-9(11)3-2-7-13-10/h1-5,7,14H,6,8H2,(H,15,16)/p-1. The number of hydrogen-bond acceptors (Lipinski definition) is 4. The number of nitrogens with zero attached hydrogens (tertiary/aromatic N) is 1. The number of aliphatic carboxylic acids is 1. The summed E-state index contributed by atoms with van der Waals surface area (Å²) < 4.78 is 0. The molecule has 0 saturated carbocycles. The molecule has 82 valence electrons. The Balaban J connectivity index is 2.20. The van der Waals surface area contributed by atoms with Gasteiger partial charge in [0.15, 0.2) is 0 Å². The summed E-state index contributed by atoms with van der Waals surface area (Å²) in [6.45, 7) is 0.357. The van der Waals surface area contributed by atoms with Crippen molar-refractivity contribution in [3.63, 3.8) is 0 Å². The van der Waals surface area contributed by atoms with Gasteiger partial charge in [-0.2, -0.15) is 0 Å². The molecule has 1 aromatic heterocycles. The summed E-state index contributed by atoms with van der Waals surface area (Å²) in [4.78, 5) is 14.5. The van der Waals surface area contributed by atoms with Crippen LogP contribution in [0.1, 0.15) is 6.42 Å². The van der Waals surface area contributed by atoms with Crippen LogP contribution in [0, 0.1) is 0 Å². The Hall–Kier alpha value is -2.10. The molecule has 0 fully saturated rings. The third-order valence-corrected chi connectivity index (χ3v) is 2.29. The zero-order valence-corrected chi connectivity index (χ0v) is 8.64. The van der Waals surface area contributed by atoms with Crippen molar-refractivity contribution >= 4 is 22.6 Å². The summed E-state index contributed by atoms with van der Waals surface area (Å²) in [5.41, 5.74) is 1.79. The van der Waals surface area contributed by atoms with Crippen molar-refractivity contribution in [3.8, 4) is 0 Å². The second-order valence-electron chi connectivity index (χ2n) is 3.42. The first kappa shape index (κ1) is 10.4. The number of anilines is 1. The first-order valence-corrected chi connectivity index (χ1v) is 5.05. The second kappa shape index (κ2) is 4.61. The van der Waals surface area contributed by atoms with Crippen molar-refractivity contribution < 1.29 is 9.90 Å². The average Bonchev–Trinajstić information content (AvgIpc) is 2.29. The van der Waals surface area contributed by atoms with E-state index in [-0.39, 0.29) is 6.42 Å². The lowest BCUT2D eigenvalue weighted by Crippen LogP contribution is -2.24. The molecule has 16 heavy (non-hydrogen) atoms. The molecule has 0 unspecified atom stereocenters. The van der Waals surface area contributed by atoms with Crippen LogP contribution < -0.4 is 10.4 Å². The Labute approximate surface area is 92.9 Å². The van der Waals surface area contributed by atoms with Gasteiger partial charge < -0.3 is 15.2 Å². The summed E-state index contributed by atoms with van der Waals surface area (Å²) in [6, 6.07) is 9.51. The lowest BCUT2D eigenvalue weighted by atomic mass is 10.2. The van der Waals surface area contributed by atoms with Gasteiger partial charge in [0, 0.05) is 36.2 Å². The molecule has 0 radical (unpaired) electrons. The monoisotopic (exact) mass is 215 g/mol. The van der Waals surface area contributed by atoms with E-state index < -0.39 is 5.97 Å². The molecule has 0 bridgehead atoms. The summed E-state index contributed by atoms with van der Waals surface area (Å²) >= 11 is 0. The van der Waals surface area contributed by atoms with Gasteiger partial charge in [-0.1, -0.05) is 6.07 Å². The molecule has 0 aliphatic heterocycles. The summed E-state index contributed by atoms with van der Waals surface area (Å²) in [5.74, 6) is -1.05. The molecule has 0 aliphatic carbocycles. The van der Waals surface area contributed by atoms with Crippen molar-refractivity contribution in [2.45, 2.75) is 6.42 Å². The molecular formula is C12H11N2O2-. The molecule has 0 spiro atoms. The number of pyridine rings is 1. The van der Waals surface area contributed by atoms with Crippen molar-refractivity contribution in [3.05, 3.63) is 36.5 Å². The highest BCUT2D eigenvalue weighted by atomic mass is 16.4. The topological polar surface area (TPSA) is 65.0 Å². The number of fused-ring (bicyclic) bond motifs is 1. The maximum absolute atomic E-state index is 10.3.